The van der Waals surface area contributed by atoms with E-state index in [1.165, 1.54) is 0 Å². The molecule has 21 heavy (non-hydrogen) atoms. The molecule has 1 saturated heterocycles. The number of hydrogen-bond acceptors (Lipinski definition) is 3. The molecule has 1 N–H and O–H groups in total. The first-order valence-corrected chi connectivity index (χ1v) is 8.14. The molecule has 0 bridgehead atoms. The summed E-state index contributed by atoms with van der Waals surface area (Å²) in [7, 11) is 0. The third kappa shape index (κ3) is 3.00. The average Bonchev–Trinajstić information content (AvgIpc) is 3.12. The average molecular weight is 343 g/mol. The van der Waals surface area contributed by atoms with Crippen molar-refractivity contribution in [2.24, 2.45) is 0 Å². The summed E-state index contributed by atoms with van der Waals surface area (Å²) in [6.07, 6.45) is 1.61. The minimum atomic E-state index is -0.239. The molecule has 0 saturated carbocycles. The summed E-state index contributed by atoms with van der Waals surface area (Å²) in [4.78, 5) is 14.2. The normalized spacial score (nSPS) is 18.0. The molecule has 4 nitrogen and oxygen atoms in total. The van der Waals surface area contributed by atoms with Crippen molar-refractivity contribution in [1.82, 2.24) is 4.90 Å². The summed E-state index contributed by atoms with van der Waals surface area (Å²) in [5.74, 6) is 1.62. The zero-order valence-electron chi connectivity index (χ0n) is 10.9. The molecule has 1 fully saturated rings. The molecule has 1 atom stereocenters. The Hall–Kier alpha value is -1.30. The molecule has 1 unspecified atom stereocenters. The van der Waals surface area contributed by atoms with Gasteiger partial charge in [-0.15, -0.1) is 11.8 Å². The van der Waals surface area contributed by atoms with Crippen LogP contribution < -0.4 is 5.32 Å². The summed E-state index contributed by atoms with van der Waals surface area (Å²) in [6, 6.07) is 8.55. The molecule has 1 aromatic heterocycles. The second-order valence-corrected chi connectivity index (χ2v) is 6.46. The highest BCUT2D eigenvalue weighted by Crippen LogP contribution is 2.39. The van der Waals surface area contributed by atoms with Crippen molar-refractivity contribution in [3.63, 3.8) is 0 Å². The number of anilines is 1. The van der Waals surface area contributed by atoms with E-state index in [1.54, 1.807) is 41.1 Å². The monoisotopic (exact) mass is 342 g/mol. The Kier molecular flexibility index (Phi) is 4.33. The standard InChI is InChI=1S/C14H12Cl2N2O2S/c15-9-3-1-4-10(16)12(9)17-14(19)18-6-8-21-13(18)11-5-2-7-20-11/h1-5,7,13H,6,8H2,(H,17,19). The number of hydrogen-bond donors (Lipinski definition) is 1. The molecule has 1 aromatic carbocycles. The van der Waals surface area contributed by atoms with Crippen LogP contribution >= 0.6 is 35.0 Å². The Morgan fingerprint density at radius 2 is 2.05 bits per heavy atom. The number of nitrogens with zero attached hydrogens (tertiary/aromatic N) is 1. The quantitative estimate of drug-likeness (QED) is 0.846. The van der Waals surface area contributed by atoms with Crippen molar-refractivity contribution < 1.29 is 9.21 Å². The van der Waals surface area contributed by atoms with Gasteiger partial charge in [-0.2, -0.15) is 0 Å². The Morgan fingerprint density at radius 3 is 2.71 bits per heavy atom. The first-order valence-electron chi connectivity index (χ1n) is 6.33. The van der Waals surface area contributed by atoms with Gasteiger partial charge in [-0.05, 0) is 24.3 Å². The molecular formula is C14H12Cl2N2O2S. The van der Waals surface area contributed by atoms with Crippen LogP contribution in [0.4, 0.5) is 10.5 Å². The third-order valence-corrected chi connectivity index (χ3v) is 4.98. The zero-order valence-corrected chi connectivity index (χ0v) is 13.2. The molecule has 2 heterocycles. The lowest BCUT2D eigenvalue weighted by molar-refractivity contribution is 0.210. The number of nitrogens with one attached hydrogen (secondary N) is 1. The van der Waals surface area contributed by atoms with Crippen LogP contribution in [-0.4, -0.2) is 23.2 Å². The molecule has 2 aromatic rings. The van der Waals surface area contributed by atoms with Gasteiger partial charge in [-0.3, -0.25) is 0 Å². The second kappa shape index (κ2) is 6.22. The number of urea groups is 1. The lowest BCUT2D eigenvalue weighted by Crippen LogP contribution is -2.34. The van der Waals surface area contributed by atoms with Gasteiger partial charge in [-0.1, -0.05) is 29.3 Å². The van der Waals surface area contributed by atoms with Gasteiger partial charge < -0.3 is 14.6 Å². The minimum absolute atomic E-state index is 0.124. The van der Waals surface area contributed by atoms with E-state index >= 15 is 0 Å². The second-order valence-electron chi connectivity index (χ2n) is 4.46. The number of thioether (sulfide) groups is 1. The molecule has 2 amide bonds. The molecule has 0 spiro atoms. The van der Waals surface area contributed by atoms with E-state index in [0.717, 1.165) is 11.5 Å². The number of benzene rings is 1. The summed E-state index contributed by atoms with van der Waals surface area (Å²) in [6.45, 7) is 0.643. The van der Waals surface area contributed by atoms with E-state index < -0.39 is 0 Å². The van der Waals surface area contributed by atoms with E-state index in [2.05, 4.69) is 5.32 Å². The van der Waals surface area contributed by atoms with Gasteiger partial charge in [0.2, 0.25) is 0 Å². The number of furan rings is 1. The fourth-order valence-corrected chi connectivity index (χ4v) is 3.84. The smallest absolute Gasteiger partial charge is 0.323 e. The summed E-state index contributed by atoms with van der Waals surface area (Å²) >= 11 is 13.8. The zero-order chi connectivity index (χ0) is 14.8. The predicted molar refractivity (Wildman–Crippen MR) is 86.1 cm³/mol. The molecule has 1 aliphatic heterocycles. The van der Waals surface area contributed by atoms with Crippen LogP contribution in [0.2, 0.25) is 10.0 Å². The first-order chi connectivity index (χ1) is 10.2. The van der Waals surface area contributed by atoms with Crippen LogP contribution in [0, 0.1) is 0 Å². The van der Waals surface area contributed by atoms with Crippen LogP contribution in [0.1, 0.15) is 11.1 Å². The van der Waals surface area contributed by atoms with Gasteiger partial charge in [0.25, 0.3) is 0 Å². The maximum absolute atomic E-state index is 12.5. The summed E-state index contributed by atoms with van der Waals surface area (Å²) < 4.78 is 5.40. The Balaban J connectivity index is 1.79. The third-order valence-electron chi connectivity index (χ3n) is 3.13. The lowest BCUT2D eigenvalue weighted by Gasteiger charge is -2.23. The first kappa shape index (κ1) is 14.6. The molecule has 3 rings (SSSR count). The van der Waals surface area contributed by atoms with Crippen molar-refractivity contribution in [2.45, 2.75) is 5.37 Å². The highest BCUT2D eigenvalue weighted by Gasteiger charge is 2.32. The highest BCUT2D eigenvalue weighted by atomic mass is 35.5. The highest BCUT2D eigenvalue weighted by molar-refractivity contribution is 7.99. The van der Waals surface area contributed by atoms with Crippen molar-refractivity contribution in [3.05, 3.63) is 52.4 Å². The maximum atomic E-state index is 12.5. The minimum Gasteiger partial charge on any atom is -0.466 e. The number of rotatable bonds is 2. The fourth-order valence-electron chi connectivity index (χ4n) is 2.14. The number of carbonyl (C=O) groups is 1. The van der Waals surface area contributed by atoms with Gasteiger partial charge in [0.1, 0.15) is 11.1 Å². The van der Waals surface area contributed by atoms with Crippen molar-refractivity contribution in [3.8, 4) is 0 Å². The number of amides is 2. The summed E-state index contributed by atoms with van der Waals surface area (Å²) in [5.41, 5.74) is 0.431. The number of carbonyl (C=O) groups excluding carboxylic acids is 1. The maximum Gasteiger partial charge on any atom is 0.323 e. The van der Waals surface area contributed by atoms with E-state index in [1.807, 2.05) is 12.1 Å². The SMILES string of the molecule is O=C(Nc1c(Cl)cccc1Cl)N1CCSC1c1ccco1. The molecule has 7 heteroatoms. The summed E-state index contributed by atoms with van der Waals surface area (Å²) in [5, 5.41) is 3.48. The van der Waals surface area contributed by atoms with Crippen molar-refractivity contribution in [2.75, 3.05) is 17.6 Å². The predicted octanol–water partition coefficient (Wildman–Crippen LogP) is 4.87. The van der Waals surface area contributed by atoms with Gasteiger partial charge in [0.05, 0.1) is 22.0 Å². The fraction of sp³-hybridized carbons (Fsp3) is 0.214. The van der Waals surface area contributed by atoms with E-state index in [0.29, 0.717) is 22.3 Å². The van der Waals surface area contributed by atoms with Gasteiger partial charge in [0, 0.05) is 12.3 Å². The van der Waals surface area contributed by atoms with Crippen LogP contribution in [-0.2, 0) is 0 Å². The Labute approximate surface area is 136 Å². The van der Waals surface area contributed by atoms with Gasteiger partial charge in [-0.25, -0.2) is 4.79 Å². The topological polar surface area (TPSA) is 45.5 Å². The lowest BCUT2D eigenvalue weighted by atomic mass is 10.3. The molecule has 0 radical (unpaired) electrons. The van der Waals surface area contributed by atoms with Gasteiger partial charge >= 0.3 is 6.03 Å². The molecule has 0 aliphatic carbocycles. The van der Waals surface area contributed by atoms with E-state index in [-0.39, 0.29) is 11.4 Å². The largest absolute Gasteiger partial charge is 0.466 e. The van der Waals surface area contributed by atoms with Crippen LogP contribution in [0.3, 0.4) is 0 Å². The van der Waals surface area contributed by atoms with Crippen LogP contribution in [0.25, 0.3) is 0 Å². The molecule has 1 aliphatic rings. The van der Waals surface area contributed by atoms with Crippen LogP contribution in [0.5, 0.6) is 0 Å². The molecular weight excluding hydrogens is 331 g/mol. The number of halogens is 2. The Morgan fingerprint density at radius 1 is 1.29 bits per heavy atom. The van der Waals surface area contributed by atoms with Crippen molar-refractivity contribution >= 4 is 46.7 Å². The number of para-hydroxylation sites is 1. The van der Waals surface area contributed by atoms with Crippen LogP contribution in [0.15, 0.2) is 41.0 Å². The van der Waals surface area contributed by atoms with Gasteiger partial charge in [0.15, 0.2) is 0 Å². The molecule has 110 valence electrons. The Bertz CT molecular complexity index is 628. The van der Waals surface area contributed by atoms with E-state index in [9.17, 15) is 4.79 Å². The van der Waals surface area contributed by atoms with Crippen molar-refractivity contribution in [1.29, 1.82) is 0 Å². The van der Waals surface area contributed by atoms with E-state index in [4.69, 9.17) is 27.6 Å².